The number of piperidine rings is 1. The molecule has 7 heteroatoms. The lowest BCUT2D eigenvalue weighted by Gasteiger charge is -2.33. The Bertz CT molecular complexity index is 993. The van der Waals surface area contributed by atoms with Gasteiger partial charge in [0.2, 0.25) is 15.9 Å². The van der Waals surface area contributed by atoms with Gasteiger partial charge in [-0.05, 0) is 49.6 Å². The van der Waals surface area contributed by atoms with Crippen molar-refractivity contribution in [3.8, 4) is 5.75 Å². The van der Waals surface area contributed by atoms with E-state index < -0.39 is 10.0 Å². The van der Waals surface area contributed by atoms with Crippen LogP contribution >= 0.6 is 0 Å². The molecule has 1 fully saturated rings. The summed E-state index contributed by atoms with van der Waals surface area (Å²) in [5.41, 5.74) is 2.03. The summed E-state index contributed by atoms with van der Waals surface area (Å²) in [6, 6.07) is 14.5. The maximum atomic E-state index is 13.2. The number of methoxy groups -OCH3 is 1. The van der Waals surface area contributed by atoms with Gasteiger partial charge in [-0.2, -0.15) is 4.31 Å². The molecule has 0 radical (unpaired) electrons. The maximum Gasteiger partial charge on any atom is 0.243 e. The molecule has 2 aromatic carbocycles. The first-order valence-electron chi connectivity index (χ1n) is 10.4. The van der Waals surface area contributed by atoms with Gasteiger partial charge in [-0.15, -0.1) is 6.58 Å². The summed E-state index contributed by atoms with van der Waals surface area (Å²) in [6.07, 6.45) is 2.75. The Morgan fingerprint density at radius 2 is 1.74 bits per heavy atom. The summed E-state index contributed by atoms with van der Waals surface area (Å²) in [5.74, 6) is 0.623. The van der Waals surface area contributed by atoms with E-state index in [1.807, 2.05) is 31.2 Å². The molecule has 0 atom stereocenters. The molecule has 1 heterocycles. The fourth-order valence-corrected chi connectivity index (χ4v) is 5.27. The lowest BCUT2D eigenvalue weighted by molar-refractivity contribution is -0.136. The molecular weight excluding hydrogens is 412 g/mol. The molecule has 0 N–H and O–H groups in total. The fourth-order valence-electron chi connectivity index (χ4n) is 3.80. The molecule has 166 valence electrons. The van der Waals surface area contributed by atoms with Crippen molar-refractivity contribution in [1.29, 1.82) is 0 Å². The number of amides is 1. The van der Waals surface area contributed by atoms with E-state index in [1.54, 1.807) is 42.4 Å². The van der Waals surface area contributed by atoms with E-state index in [-0.39, 0.29) is 11.8 Å². The lowest BCUT2D eigenvalue weighted by atomic mass is 9.96. The molecule has 1 aliphatic rings. The molecule has 0 bridgehead atoms. The van der Waals surface area contributed by atoms with Gasteiger partial charge in [0.1, 0.15) is 5.75 Å². The highest BCUT2D eigenvalue weighted by Gasteiger charge is 2.33. The Hall–Kier alpha value is -2.64. The van der Waals surface area contributed by atoms with E-state index in [0.717, 1.165) is 16.9 Å². The Morgan fingerprint density at radius 3 is 2.29 bits per heavy atom. The van der Waals surface area contributed by atoms with Crippen LogP contribution in [0.5, 0.6) is 5.75 Å². The minimum Gasteiger partial charge on any atom is -0.497 e. The average Bonchev–Trinajstić information content (AvgIpc) is 2.79. The number of nitrogens with zero attached hydrogens (tertiary/aromatic N) is 2. The van der Waals surface area contributed by atoms with Crippen molar-refractivity contribution in [3.63, 3.8) is 0 Å². The third-order valence-electron chi connectivity index (χ3n) is 5.66. The number of hydrogen-bond donors (Lipinski definition) is 0. The summed E-state index contributed by atoms with van der Waals surface area (Å²) in [4.78, 5) is 15.2. The van der Waals surface area contributed by atoms with Crippen molar-refractivity contribution >= 4 is 15.9 Å². The summed E-state index contributed by atoms with van der Waals surface area (Å²) < 4.78 is 32.5. The predicted octanol–water partition coefficient (Wildman–Crippen LogP) is 3.62. The topological polar surface area (TPSA) is 66.9 Å². The van der Waals surface area contributed by atoms with Crippen molar-refractivity contribution < 1.29 is 17.9 Å². The molecule has 3 rings (SSSR count). The normalized spacial score (nSPS) is 15.4. The predicted molar refractivity (Wildman–Crippen MR) is 121 cm³/mol. The van der Waals surface area contributed by atoms with Crippen LogP contribution < -0.4 is 4.74 Å². The van der Waals surface area contributed by atoms with Crippen molar-refractivity contribution in [2.24, 2.45) is 5.92 Å². The van der Waals surface area contributed by atoms with Crippen LogP contribution in [-0.4, -0.2) is 50.3 Å². The highest BCUT2D eigenvalue weighted by Crippen LogP contribution is 2.26. The molecule has 0 aromatic heterocycles. The van der Waals surface area contributed by atoms with Crippen LogP contribution in [-0.2, 0) is 21.4 Å². The third-order valence-corrected chi connectivity index (χ3v) is 7.57. The minimum absolute atomic E-state index is 0.0445. The molecule has 0 unspecified atom stereocenters. The van der Waals surface area contributed by atoms with Crippen LogP contribution in [0.2, 0.25) is 0 Å². The molecule has 1 saturated heterocycles. The Labute approximate surface area is 185 Å². The van der Waals surface area contributed by atoms with Crippen LogP contribution in [0.4, 0.5) is 0 Å². The van der Waals surface area contributed by atoms with Gasteiger partial charge in [0.05, 0.1) is 12.0 Å². The second kappa shape index (κ2) is 10.1. The molecule has 1 amide bonds. The van der Waals surface area contributed by atoms with Crippen LogP contribution in [0.3, 0.4) is 0 Å². The number of sulfonamides is 1. The number of benzene rings is 2. The van der Waals surface area contributed by atoms with E-state index in [9.17, 15) is 13.2 Å². The lowest BCUT2D eigenvalue weighted by Crippen LogP contribution is -2.44. The number of rotatable bonds is 8. The van der Waals surface area contributed by atoms with E-state index in [4.69, 9.17) is 4.74 Å². The Kier molecular flexibility index (Phi) is 7.51. The number of aryl methyl sites for hydroxylation is 1. The van der Waals surface area contributed by atoms with Crippen LogP contribution in [0.25, 0.3) is 0 Å². The van der Waals surface area contributed by atoms with Crippen molar-refractivity contribution in [2.45, 2.75) is 31.2 Å². The quantitative estimate of drug-likeness (QED) is 0.586. The molecular formula is C24H30N2O4S. The SMILES string of the molecule is C=CCN(Cc1ccc(OC)cc1)C(=O)C1CCN(S(=O)(=O)c2ccc(C)cc2)CC1. The molecule has 0 spiro atoms. The Balaban J connectivity index is 1.64. The van der Waals surface area contributed by atoms with Gasteiger partial charge in [0.15, 0.2) is 0 Å². The summed E-state index contributed by atoms with van der Waals surface area (Å²) in [6.45, 7) is 7.33. The Morgan fingerprint density at radius 1 is 1.13 bits per heavy atom. The first-order valence-corrected chi connectivity index (χ1v) is 11.9. The molecule has 2 aromatic rings. The molecule has 0 saturated carbocycles. The second-order valence-electron chi connectivity index (χ2n) is 7.85. The van der Waals surface area contributed by atoms with Gasteiger partial charge >= 0.3 is 0 Å². The van der Waals surface area contributed by atoms with Crippen molar-refractivity contribution in [3.05, 3.63) is 72.3 Å². The standard InChI is InChI=1S/C24H30N2O4S/c1-4-15-25(18-20-7-9-22(30-3)10-8-20)24(27)21-13-16-26(17-14-21)31(28,29)23-11-5-19(2)6-12-23/h4-12,21H,1,13-18H2,2-3H3. The fraction of sp³-hybridized carbons (Fsp3) is 0.375. The zero-order chi connectivity index (χ0) is 22.4. The van der Waals surface area contributed by atoms with Gasteiger partial charge in [0.25, 0.3) is 0 Å². The number of hydrogen-bond acceptors (Lipinski definition) is 4. The first-order chi connectivity index (χ1) is 14.8. The highest BCUT2D eigenvalue weighted by atomic mass is 32.2. The van der Waals surface area contributed by atoms with Gasteiger partial charge < -0.3 is 9.64 Å². The monoisotopic (exact) mass is 442 g/mol. The zero-order valence-corrected chi connectivity index (χ0v) is 19.0. The number of carbonyl (C=O) groups is 1. The van der Waals surface area contributed by atoms with E-state index in [1.165, 1.54) is 4.31 Å². The van der Waals surface area contributed by atoms with E-state index in [2.05, 4.69) is 6.58 Å². The van der Waals surface area contributed by atoms with Crippen molar-refractivity contribution in [1.82, 2.24) is 9.21 Å². The largest absolute Gasteiger partial charge is 0.497 e. The van der Waals surface area contributed by atoms with Crippen LogP contribution in [0.15, 0.2) is 66.1 Å². The van der Waals surface area contributed by atoms with E-state index >= 15 is 0 Å². The molecule has 0 aliphatic carbocycles. The van der Waals surface area contributed by atoms with Gasteiger partial charge in [-0.25, -0.2) is 8.42 Å². The number of ether oxygens (including phenoxy) is 1. The van der Waals surface area contributed by atoms with Gasteiger partial charge in [-0.3, -0.25) is 4.79 Å². The second-order valence-corrected chi connectivity index (χ2v) is 9.78. The first kappa shape index (κ1) is 23.0. The number of carbonyl (C=O) groups excluding carboxylic acids is 1. The molecule has 6 nitrogen and oxygen atoms in total. The molecule has 31 heavy (non-hydrogen) atoms. The maximum absolute atomic E-state index is 13.2. The molecule has 1 aliphatic heterocycles. The zero-order valence-electron chi connectivity index (χ0n) is 18.2. The average molecular weight is 443 g/mol. The van der Waals surface area contributed by atoms with Crippen molar-refractivity contribution in [2.75, 3.05) is 26.7 Å². The third kappa shape index (κ3) is 5.54. The van der Waals surface area contributed by atoms with Crippen LogP contribution in [0, 0.1) is 12.8 Å². The smallest absolute Gasteiger partial charge is 0.243 e. The van der Waals surface area contributed by atoms with Gasteiger partial charge in [0, 0.05) is 32.1 Å². The summed E-state index contributed by atoms with van der Waals surface area (Å²) in [5, 5.41) is 0. The van der Waals surface area contributed by atoms with Crippen LogP contribution in [0.1, 0.15) is 24.0 Å². The minimum atomic E-state index is -3.53. The summed E-state index contributed by atoms with van der Waals surface area (Å²) in [7, 11) is -1.91. The highest BCUT2D eigenvalue weighted by molar-refractivity contribution is 7.89. The summed E-state index contributed by atoms with van der Waals surface area (Å²) >= 11 is 0. The van der Waals surface area contributed by atoms with Gasteiger partial charge in [-0.1, -0.05) is 35.9 Å². The van der Waals surface area contributed by atoms with E-state index in [0.29, 0.717) is 43.9 Å².